The first kappa shape index (κ1) is 15.1. The first-order chi connectivity index (χ1) is 9.52. The minimum Gasteiger partial charge on any atom is -0.385 e. The van der Waals surface area contributed by atoms with Crippen LogP contribution >= 0.6 is 11.8 Å². The minimum atomic E-state index is -4.54. The van der Waals surface area contributed by atoms with E-state index in [-0.39, 0.29) is 0 Å². The summed E-state index contributed by atoms with van der Waals surface area (Å²) in [7, 11) is 1.59. The first-order valence-corrected chi connectivity index (χ1v) is 6.96. The molecular formula is C13H13F3N2OS. The molecule has 0 radical (unpaired) electrons. The second-order valence-corrected chi connectivity index (χ2v) is 5.15. The number of ether oxygens (including phenoxy) is 1. The second-order valence-electron chi connectivity index (χ2n) is 4.06. The van der Waals surface area contributed by atoms with Crippen LogP contribution in [-0.2, 0) is 10.9 Å². The SMILES string of the molecule is COCCCSc1nc(C(F)(F)F)nc2ccccc12. The summed E-state index contributed by atoms with van der Waals surface area (Å²) in [5.41, 5.74) is 0.309. The van der Waals surface area contributed by atoms with Crippen molar-refractivity contribution in [1.82, 2.24) is 9.97 Å². The molecule has 0 unspecified atom stereocenters. The second kappa shape index (κ2) is 6.41. The van der Waals surface area contributed by atoms with E-state index in [1.165, 1.54) is 11.8 Å². The van der Waals surface area contributed by atoms with Crippen molar-refractivity contribution in [2.45, 2.75) is 17.6 Å². The van der Waals surface area contributed by atoms with Crippen molar-refractivity contribution in [3.05, 3.63) is 30.1 Å². The van der Waals surface area contributed by atoms with Gasteiger partial charge in [0.05, 0.1) is 5.52 Å². The molecule has 20 heavy (non-hydrogen) atoms. The standard InChI is InChI=1S/C13H13F3N2OS/c1-19-7-4-8-20-11-9-5-2-3-6-10(9)17-12(18-11)13(14,15)16/h2-3,5-6H,4,7-8H2,1H3. The highest BCUT2D eigenvalue weighted by Gasteiger charge is 2.35. The molecule has 0 atom stereocenters. The van der Waals surface area contributed by atoms with E-state index in [0.29, 0.717) is 28.3 Å². The average Bonchev–Trinajstić information content (AvgIpc) is 2.42. The maximum atomic E-state index is 12.8. The third-order valence-electron chi connectivity index (χ3n) is 2.55. The number of benzene rings is 1. The summed E-state index contributed by atoms with van der Waals surface area (Å²) in [6, 6.07) is 6.71. The lowest BCUT2D eigenvalue weighted by atomic mass is 10.2. The van der Waals surface area contributed by atoms with Crippen molar-refractivity contribution in [1.29, 1.82) is 0 Å². The predicted molar refractivity (Wildman–Crippen MR) is 71.8 cm³/mol. The molecule has 1 heterocycles. The van der Waals surface area contributed by atoms with E-state index in [4.69, 9.17) is 4.74 Å². The van der Waals surface area contributed by atoms with Crippen LogP contribution in [0.25, 0.3) is 10.9 Å². The molecule has 0 spiro atoms. The van der Waals surface area contributed by atoms with Gasteiger partial charge in [-0.25, -0.2) is 9.97 Å². The van der Waals surface area contributed by atoms with Gasteiger partial charge in [0.2, 0.25) is 5.82 Å². The summed E-state index contributed by atoms with van der Waals surface area (Å²) in [6.07, 6.45) is -3.79. The molecule has 108 valence electrons. The Balaban J connectivity index is 2.34. The molecule has 0 amide bonds. The van der Waals surface area contributed by atoms with Gasteiger partial charge < -0.3 is 4.74 Å². The number of alkyl halides is 3. The summed E-state index contributed by atoms with van der Waals surface area (Å²) in [5, 5.41) is 1.00. The number of rotatable bonds is 5. The molecule has 2 aromatic rings. The number of hydrogen-bond donors (Lipinski definition) is 0. The maximum Gasteiger partial charge on any atom is 0.451 e. The summed E-state index contributed by atoms with van der Waals surface area (Å²) >= 11 is 1.29. The highest BCUT2D eigenvalue weighted by atomic mass is 32.2. The third-order valence-corrected chi connectivity index (χ3v) is 3.63. The van der Waals surface area contributed by atoms with Gasteiger partial charge in [-0.3, -0.25) is 0 Å². The summed E-state index contributed by atoms with van der Waals surface area (Å²) in [4.78, 5) is 7.23. The van der Waals surface area contributed by atoms with E-state index >= 15 is 0 Å². The molecular weight excluding hydrogens is 289 g/mol. The molecule has 0 saturated heterocycles. The molecule has 7 heteroatoms. The lowest BCUT2D eigenvalue weighted by Crippen LogP contribution is -2.11. The van der Waals surface area contributed by atoms with Crippen LogP contribution in [0.5, 0.6) is 0 Å². The normalized spacial score (nSPS) is 12.0. The number of para-hydroxylation sites is 1. The predicted octanol–water partition coefficient (Wildman–Crippen LogP) is 3.78. The Morgan fingerprint density at radius 3 is 2.65 bits per heavy atom. The van der Waals surface area contributed by atoms with Crippen molar-refractivity contribution >= 4 is 22.7 Å². The highest BCUT2D eigenvalue weighted by Crippen LogP contribution is 2.32. The van der Waals surface area contributed by atoms with E-state index in [2.05, 4.69) is 9.97 Å². The monoisotopic (exact) mass is 302 g/mol. The lowest BCUT2D eigenvalue weighted by molar-refractivity contribution is -0.145. The Labute approximate surface area is 118 Å². The lowest BCUT2D eigenvalue weighted by Gasteiger charge is -2.10. The van der Waals surface area contributed by atoms with Crippen LogP contribution < -0.4 is 0 Å². The van der Waals surface area contributed by atoms with Crippen molar-refractivity contribution in [3.63, 3.8) is 0 Å². The molecule has 0 bridgehead atoms. The van der Waals surface area contributed by atoms with Gasteiger partial charge in [0.1, 0.15) is 5.03 Å². The molecule has 0 aliphatic rings. The molecule has 1 aromatic heterocycles. The van der Waals surface area contributed by atoms with E-state index in [1.807, 2.05) is 0 Å². The Morgan fingerprint density at radius 1 is 1.20 bits per heavy atom. The average molecular weight is 302 g/mol. The zero-order chi connectivity index (χ0) is 14.6. The van der Waals surface area contributed by atoms with Gasteiger partial charge in [0, 0.05) is 24.9 Å². The Bertz CT molecular complexity index is 589. The van der Waals surface area contributed by atoms with Gasteiger partial charge in [-0.2, -0.15) is 13.2 Å². The number of hydrogen-bond acceptors (Lipinski definition) is 4. The topological polar surface area (TPSA) is 35.0 Å². The largest absolute Gasteiger partial charge is 0.451 e. The van der Waals surface area contributed by atoms with Crippen LogP contribution in [0.15, 0.2) is 29.3 Å². The minimum absolute atomic E-state index is 0.309. The highest BCUT2D eigenvalue weighted by molar-refractivity contribution is 7.99. The molecule has 3 nitrogen and oxygen atoms in total. The van der Waals surface area contributed by atoms with Gasteiger partial charge in [0.25, 0.3) is 0 Å². The summed E-state index contributed by atoms with van der Waals surface area (Å²) < 4.78 is 43.3. The molecule has 0 N–H and O–H groups in total. The van der Waals surface area contributed by atoms with Gasteiger partial charge in [-0.1, -0.05) is 18.2 Å². The zero-order valence-corrected chi connectivity index (χ0v) is 11.6. The zero-order valence-electron chi connectivity index (χ0n) is 10.8. The van der Waals surface area contributed by atoms with E-state index in [0.717, 1.165) is 6.42 Å². The van der Waals surface area contributed by atoms with E-state index in [9.17, 15) is 13.2 Å². The van der Waals surface area contributed by atoms with E-state index < -0.39 is 12.0 Å². The molecule has 0 fully saturated rings. The number of methoxy groups -OCH3 is 1. The fourth-order valence-corrected chi connectivity index (χ4v) is 2.59. The van der Waals surface area contributed by atoms with Crippen molar-refractivity contribution in [3.8, 4) is 0 Å². The van der Waals surface area contributed by atoms with Crippen LogP contribution in [0.1, 0.15) is 12.2 Å². The van der Waals surface area contributed by atoms with Crippen LogP contribution in [0.3, 0.4) is 0 Å². The quantitative estimate of drug-likeness (QED) is 0.478. The fraction of sp³-hybridized carbons (Fsp3) is 0.385. The number of nitrogens with zero attached hydrogens (tertiary/aromatic N) is 2. The van der Waals surface area contributed by atoms with Crippen molar-refractivity contribution in [2.24, 2.45) is 0 Å². The summed E-state index contributed by atoms with van der Waals surface area (Å²) in [6.45, 7) is 0.572. The fourth-order valence-electron chi connectivity index (χ4n) is 1.66. The van der Waals surface area contributed by atoms with Crippen molar-refractivity contribution in [2.75, 3.05) is 19.5 Å². The van der Waals surface area contributed by atoms with Crippen LogP contribution in [0.2, 0.25) is 0 Å². The molecule has 2 rings (SSSR count). The molecule has 0 aliphatic heterocycles. The Morgan fingerprint density at radius 2 is 1.95 bits per heavy atom. The van der Waals surface area contributed by atoms with Gasteiger partial charge >= 0.3 is 6.18 Å². The smallest absolute Gasteiger partial charge is 0.385 e. The third kappa shape index (κ3) is 3.61. The van der Waals surface area contributed by atoms with Gasteiger partial charge in [-0.15, -0.1) is 11.8 Å². The summed E-state index contributed by atoms with van der Waals surface area (Å²) in [5.74, 6) is -0.447. The number of aromatic nitrogens is 2. The Hall–Kier alpha value is -1.34. The van der Waals surface area contributed by atoms with E-state index in [1.54, 1.807) is 31.4 Å². The molecule has 1 aromatic carbocycles. The molecule has 0 saturated carbocycles. The first-order valence-electron chi connectivity index (χ1n) is 5.98. The molecule has 0 aliphatic carbocycles. The van der Waals surface area contributed by atoms with Crippen LogP contribution in [0, 0.1) is 0 Å². The number of halogens is 3. The van der Waals surface area contributed by atoms with Crippen LogP contribution in [0.4, 0.5) is 13.2 Å². The maximum absolute atomic E-state index is 12.8. The number of thioether (sulfide) groups is 1. The number of fused-ring (bicyclic) bond motifs is 1. The van der Waals surface area contributed by atoms with Crippen molar-refractivity contribution < 1.29 is 17.9 Å². The van der Waals surface area contributed by atoms with Crippen LogP contribution in [-0.4, -0.2) is 29.4 Å². The Kier molecular flexibility index (Phi) is 4.82. The van der Waals surface area contributed by atoms with Gasteiger partial charge in [0.15, 0.2) is 0 Å². The van der Waals surface area contributed by atoms with Gasteiger partial charge in [-0.05, 0) is 12.5 Å².